The summed E-state index contributed by atoms with van der Waals surface area (Å²) in [6.45, 7) is -0.625. The van der Waals surface area contributed by atoms with Crippen LogP contribution in [0, 0.1) is 15.5 Å². The first kappa shape index (κ1) is 18.7. The van der Waals surface area contributed by atoms with Gasteiger partial charge in [0.25, 0.3) is 5.91 Å². The van der Waals surface area contributed by atoms with E-state index >= 15 is 0 Å². The number of hydrogen-bond donors (Lipinski definition) is 7. The molecule has 23 heavy (non-hydrogen) atoms. The first-order valence-corrected chi connectivity index (χ1v) is 6.28. The van der Waals surface area contributed by atoms with E-state index in [9.17, 15) is 25.1 Å². The van der Waals surface area contributed by atoms with Crippen LogP contribution in [0.15, 0.2) is 11.4 Å². The summed E-state index contributed by atoms with van der Waals surface area (Å²) in [5.41, 5.74) is 4.04. The fourth-order valence-corrected chi connectivity index (χ4v) is 1.93. The first-order chi connectivity index (χ1) is 10.7. The molecule has 1 aliphatic rings. The predicted octanol–water partition coefficient (Wildman–Crippen LogP) is -4.23. The quantitative estimate of drug-likeness (QED) is 0.0488. The summed E-state index contributed by atoms with van der Waals surface area (Å²) >= 11 is 0. The number of aliphatic hydroxyl groups is 3. The molecule has 0 aromatic carbocycles. The third kappa shape index (κ3) is 3.54. The van der Waals surface area contributed by atoms with Crippen molar-refractivity contribution in [2.45, 2.75) is 24.5 Å². The van der Waals surface area contributed by atoms with Gasteiger partial charge in [-0.05, 0) is 4.92 Å². The Hall–Kier alpha value is -2.32. The van der Waals surface area contributed by atoms with Gasteiger partial charge in [0.15, 0.2) is 11.9 Å². The molecule has 1 fully saturated rings. The molecule has 0 aromatic heterocycles. The monoisotopic (exact) mass is 334 g/mol. The number of rotatable bonds is 5. The molecule has 13 nitrogen and oxygen atoms in total. The van der Waals surface area contributed by atoms with E-state index in [-0.39, 0.29) is 0 Å². The summed E-state index contributed by atoms with van der Waals surface area (Å²) < 4.78 is 5.05. The van der Waals surface area contributed by atoms with Crippen LogP contribution in [0.5, 0.6) is 0 Å². The Kier molecular flexibility index (Phi) is 5.94. The van der Waals surface area contributed by atoms with Crippen molar-refractivity contribution in [1.29, 1.82) is 5.41 Å². The zero-order valence-electron chi connectivity index (χ0n) is 12.0. The molecule has 0 saturated carbocycles. The van der Waals surface area contributed by atoms with Crippen LogP contribution in [0.1, 0.15) is 0 Å². The van der Waals surface area contributed by atoms with E-state index in [1.54, 1.807) is 0 Å². The minimum Gasteiger partial charge on any atom is -0.394 e. The Morgan fingerprint density at radius 3 is 2.43 bits per heavy atom. The number of nitro groups is 1. The molecule has 4 atom stereocenters. The third-order valence-electron chi connectivity index (χ3n) is 3.20. The first-order valence-electron chi connectivity index (χ1n) is 6.28. The van der Waals surface area contributed by atoms with Crippen LogP contribution in [-0.2, 0) is 9.53 Å². The number of carbonyl (C=O) groups excluding carboxylic acids is 1. The Labute approximate surface area is 129 Å². The van der Waals surface area contributed by atoms with E-state index in [0.717, 1.165) is 0 Å². The fourth-order valence-electron chi connectivity index (χ4n) is 1.93. The van der Waals surface area contributed by atoms with E-state index in [1.165, 1.54) is 7.05 Å². The summed E-state index contributed by atoms with van der Waals surface area (Å²) in [6, 6.07) is 0. The number of aliphatic hydroxyl groups excluding tert-OH is 3. The highest BCUT2D eigenvalue weighted by Gasteiger charge is 2.46. The summed E-state index contributed by atoms with van der Waals surface area (Å²) in [7, 11) is 1.22. The summed E-state index contributed by atoms with van der Waals surface area (Å²) in [4.78, 5) is 21.7. The largest absolute Gasteiger partial charge is 0.394 e. The lowest BCUT2D eigenvalue weighted by Gasteiger charge is -2.26. The number of nitrogens with one attached hydrogen (secondary N) is 2. The van der Waals surface area contributed by atoms with Gasteiger partial charge in [-0.15, -0.1) is 0 Å². The van der Waals surface area contributed by atoms with Gasteiger partial charge in [-0.3, -0.25) is 4.79 Å². The number of ether oxygens (including phenoxy) is 1. The molecular formula is C10H18N6O7. The maximum Gasteiger partial charge on any atom is 0.381 e. The highest BCUT2D eigenvalue weighted by molar-refractivity contribution is 6.01. The van der Waals surface area contributed by atoms with Crippen molar-refractivity contribution in [2.75, 3.05) is 13.7 Å². The van der Waals surface area contributed by atoms with Gasteiger partial charge in [0.05, 0.1) is 6.61 Å². The average molecular weight is 334 g/mol. The van der Waals surface area contributed by atoms with Gasteiger partial charge in [0, 0.05) is 7.05 Å². The Morgan fingerprint density at radius 2 is 2.04 bits per heavy atom. The molecule has 1 amide bonds. The molecule has 0 radical (unpaired) electrons. The van der Waals surface area contributed by atoms with Gasteiger partial charge < -0.3 is 41.2 Å². The maximum atomic E-state index is 12.2. The third-order valence-corrected chi connectivity index (χ3v) is 3.20. The lowest BCUT2D eigenvalue weighted by Crippen LogP contribution is -2.53. The minimum absolute atomic E-state index is 0.357. The number of nitrogens with zero attached hydrogens (tertiary/aromatic N) is 2. The van der Waals surface area contributed by atoms with Crippen LogP contribution in [0.2, 0.25) is 0 Å². The van der Waals surface area contributed by atoms with Gasteiger partial charge in [-0.25, -0.2) is 10.9 Å². The van der Waals surface area contributed by atoms with E-state index in [4.69, 9.17) is 26.8 Å². The molecule has 13 heteroatoms. The van der Waals surface area contributed by atoms with Crippen LogP contribution < -0.4 is 16.9 Å². The highest BCUT2D eigenvalue weighted by Crippen LogP contribution is 2.23. The number of hydrazine groups is 1. The molecule has 1 saturated heterocycles. The number of likely N-dealkylation sites (N-methyl/N-ethyl adjacent to an activating group) is 1. The van der Waals surface area contributed by atoms with Gasteiger partial charge in [0.1, 0.15) is 24.0 Å². The molecule has 130 valence electrons. The van der Waals surface area contributed by atoms with Crippen LogP contribution in [0.4, 0.5) is 0 Å². The molecule has 0 aliphatic carbocycles. The molecule has 1 heterocycles. The second-order valence-electron chi connectivity index (χ2n) is 4.59. The van der Waals surface area contributed by atoms with Gasteiger partial charge in [-0.2, -0.15) is 0 Å². The molecule has 1 rings (SSSR count). The molecule has 9 N–H and O–H groups in total. The number of nitrogens with two attached hydrogens (primary N) is 2. The van der Waals surface area contributed by atoms with Crippen molar-refractivity contribution in [2.24, 2.45) is 11.6 Å². The molecule has 0 aromatic rings. The van der Waals surface area contributed by atoms with Crippen molar-refractivity contribution in [3.63, 3.8) is 0 Å². The Bertz CT molecular complexity index is 538. The van der Waals surface area contributed by atoms with Gasteiger partial charge in [-0.1, -0.05) is 5.41 Å². The predicted molar refractivity (Wildman–Crippen MR) is 73.8 cm³/mol. The highest BCUT2D eigenvalue weighted by atomic mass is 16.6. The van der Waals surface area contributed by atoms with E-state index < -0.39 is 59.2 Å². The van der Waals surface area contributed by atoms with Gasteiger partial charge >= 0.3 is 5.84 Å². The fraction of sp³-hybridized carbons (Fsp3) is 0.600. The normalized spacial score (nSPS) is 28.0. The van der Waals surface area contributed by atoms with Gasteiger partial charge in [0.2, 0.25) is 0 Å². The average Bonchev–Trinajstić information content (AvgIpc) is 2.81. The molecule has 0 spiro atoms. The van der Waals surface area contributed by atoms with Crippen LogP contribution in [0.3, 0.4) is 0 Å². The maximum absolute atomic E-state index is 12.2. The lowest BCUT2D eigenvalue weighted by atomic mass is 10.1. The zero-order chi connectivity index (χ0) is 17.9. The number of amidine groups is 1. The van der Waals surface area contributed by atoms with Crippen molar-refractivity contribution < 1.29 is 29.8 Å². The molecular weight excluding hydrogens is 316 g/mol. The minimum atomic E-state index is -1.62. The molecule has 0 bridgehead atoms. The topological polar surface area (TPSA) is 221 Å². The lowest BCUT2D eigenvalue weighted by molar-refractivity contribution is -0.350. The smallest absolute Gasteiger partial charge is 0.381 e. The SMILES string of the molecule is CN/C(C(=O)N(N)C1OC(CO)C(O)C1O)=C(/N)C(=N)[N+](=O)[O-]. The summed E-state index contributed by atoms with van der Waals surface area (Å²) in [6.07, 6.45) is -5.78. The summed E-state index contributed by atoms with van der Waals surface area (Å²) in [5, 5.41) is 48.8. The van der Waals surface area contributed by atoms with Crippen molar-refractivity contribution in [1.82, 2.24) is 10.3 Å². The summed E-state index contributed by atoms with van der Waals surface area (Å²) in [5.74, 6) is 3.17. The molecule has 1 aliphatic heterocycles. The van der Waals surface area contributed by atoms with Crippen molar-refractivity contribution in [3.8, 4) is 0 Å². The second-order valence-corrected chi connectivity index (χ2v) is 4.59. The Balaban J connectivity index is 3.05. The van der Waals surface area contributed by atoms with E-state index in [2.05, 4.69) is 5.32 Å². The van der Waals surface area contributed by atoms with Crippen LogP contribution in [-0.4, -0.2) is 75.2 Å². The molecule has 4 unspecified atom stereocenters. The van der Waals surface area contributed by atoms with E-state index in [0.29, 0.717) is 5.01 Å². The number of amides is 1. The van der Waals surface area contributed by atoms with Crippen LogP contribution in [0.25, 0.3) is 0 Å². The van der Waals surface area contributed by atoms with Crippen molar-refractivity contribution >= 4 is 11.7 Å². The standard InChI is InChI=1S/C10H18N6O7/c1-14-5(4(11)8(12)16(21)22)9(20)15(13)10-7(19)6(18)3(2-17)23-10/h3,6-7,10,12,14,17-19H,2,11,13H2,1H3/b5-4+,12-8?. The number of carbonyl (C=O) groups is 1. The zero-order valence-corrected chi connectivity index (χ0v) is 12.0. The van der Waals surface area contributed by atoms with Crippen LogP contribution >= 0.6 is 0 Å². The number of hydrogen-bond acceptors (Lipinski definition) is 11. The Morgan fingerprint density at radius 1 is 1.48 bits per heavy atom. The van der Waals surface area contributed by atoms with E-state index in [1.807, 2.05) is 0 Å². The van der Waals surface area contributed by atoms with Crippen molar-refractivity contribution in [3.05, 3.63) is 21.5 Å². The second kappa shape index (κ2) is 7.30.